The van der Waals surface area contributed by atoms with E-state index in [0.29, 0.717) is 5.69 Å². The molecule has 0 aliphatic rings. The van der Waals surface area contributed by atoms with Gasteiger partial charge in [-0.1, -0.05) is 24.3 Å². The molecule has 0 atom stereocenters. The molecule has 4 heteroatoms. The maximum atomic E-state index is 11.0. The topological polar surface area (TPSA) is 43.8 Å². The summed E-state index contributed by atoms with van der Waals surface area (Å²) in [5.41, 5.74) is 5.12. The van der Waals surface area contributed by atoms with E-state index in [9.17, 15) is 4.79 Å². The maximum absolute atomic E-state index is 11.0. The van der Waals surface area contributed by atoms with Crippen molar-refractivity contribution in [2.75, 3.05) is 30.9 Å². The van der Waals surface area contributed by atoms with Gasteiger partial charge in [0.15, 0.2) is 0 Å². The summed E-state index contributed by atoms with van der Waals surface area (Å²) < 4.78 is 0. The number of carboxylic acid groups (broad SMARTS) is 1. The van der Waals surface area contributed by atoms with Crippen LogP contribution in [-0.4, -0.2) is 32.3 Å². The molecule has 0 aliphatic carbocycles. The number of para-hydroxylation sites is 1. The van der Waals surface area contributed by atoms with E-state index in [2.05, 4.69) is 17.0 Å². The van der Waals surface area contributed by atoms with E-state index in [4.69, 9.17) is 5.11 Å². The molecule has 110 valence electrons. The summed E-state index contributed by atoms with van der Waals surface area (Å²) >= 11 is 0. The van der Waals surface area contributed by atoms with Gasteiger partial charge in [-0.3, -0.25) is 4.90 Å². The fraction of sp³-hybridized carbons (Fsp3) is 0.235. The molecule has 0 spiro atoms. The van der Waals surface area contributed by atoms with Crippen LogP contribution >= 0.6 is 0 Å². The van der Waals surface area contributed by atoms with E-state index >= 15 is 0 Å². The SMILES string of the molecule is Cc1cc(N(C)C(=O)O)ccc1-c1ccccc1N(C)C. The van der Waals surface area contributed by atoms with Gasteiger partial charge in [-0.25, -0.2) is 4.79 Å². The second kappa shape index (κ2) is 5.87. The molecule has 2 aromatic rings. The Labute approximate surface area is 125 Å². The fourth-order valence-corrected chi connectivity index (χ4v) is 2.36. The van der Waals surface area contributed by atoms with Crippen LogP contribution in [0.1, 0.15) is 5.56 Å². The molecule has 0 saturated heterocycles. The van der Waals surface area contributed by atoms with Gasteiger partial charge in [-0.2, -0.15) is 0 Å². The quantitative estimate of drug-likeness (QED) is 0.931. The Kier molecular flexibility index (Phi) is 4.17. The van der Waals surface area contributed by atoms with Crippen molar-refractivity contribution in [1.82, 2.24) is 0 Å². The summed E-state index contributed by atoms with van der Waals surface area (Å²) in [5.74, 6) is 0. The Balaban J connectivity index is 2.50. The highest BCUT2D eigenvalue weighted by atomic mass is 16.4. The minimum atomic E-state index is -0.962. The summed E-state index contributed by atoms with van der Waals surface area (Å²) in [6.45, 7) is 2.00. The van der Waals surface area contributed by atoms with E-state index in [1.165, 1.54) is 4.90 Å². The normalized spacial score (nSPS) is 10.3. The molecule has 0 radical (unpaired) electrons. The minimum absolute atomic E-state index is 0.672. The smallest absolute Gasteiger partial charge is 0.411 e. The van der Waals surface area contributed by atoms with Crippen LogP contribution in [0, 0.1) is 6.92 Å². The second-order valence-corrected chi connectivity index (χ2v) is 5.25. The number of aryl methyl sites for hydroxylation is 1. The van der Waals surface area contributed by atoms with Gasteiger partial charge in [0, 0.05) is 38.1 Å². The van der Waals surface area contributed by atoms with E-state index in [1.807, 2.05) is 51.4 Å². The predicted octanol–water partition coefficient (Wildman–Crippen LogP) is 3.84. The molecule has 21 heavy (non-hydrogen) atoms. The summed E-state index contributed by atoms with van der Waals surface area (Å²) in [7, 11) is 5.58. The van der Waals surface area contributed by atoms with Crippen molar-refractivity contribution < 1.29 is 9.90 Å². The number of amides is 1. The molecule has 2 aromatic carbocycles. The maximum Gasteiger partial charge on any atom is 0.411 e. The first-order chi connectivity index (χ1) is 9.91. The minimum Gasteiger partial charge on any atom is -0.465 e. The highest BCUT2D eigenvalue weighted by Gasteiger charge is 2.12. The van der Waals surface area contributed by atoms with Crippen molar-refractivity contribution in [3.05, 3.63) is 48.0 Å². The van der Waals surface area contributed by atoms with Crippen LogP contribution in [0.2, 0.25) is 0 Å². The van der Waals surface area contributed by atoms with Gasteiger partial charge in [-0.15, -0.1) is 0 Å². The molecule has 0 heterocycles. The predicted molar refractivity (Wildman–Crippen MR) is 87.4 cm³/mol. The number of rotatable bonds is 3. The fourth-order valence-electron chi connectivity index (χ4n) is 2.36. The van der Waals surface area contributed by atoms with Crippen molar-refractivity contribution in [3.63, 3.8) is 0 Å². The summed E-state index contributed by atoms with van der Waals surface area (Å²) in [6.07, 6.45) is -0.962. The average molecular weight is 284 g/mol. The first-order valence-corrected chi connectivity index (χ1v) is 6.76. The molecule has 0 aromatic heterocycles. The third kappa shape index (κ3) is 2.99. The largest absolute Gasteiger partial charge is 0.465 e. The first-order valence-electron chi connectivity index (χ1n) is 6.76. The van der Waals surface area contributed by atoms with Crippen LogP contribution in [-0.2, 0) is 0 Å². The van der Waals surface area contributed by atoms with E-state index in [1.54, 1.807) is 7.05 Å². The summed E-state index contributed by atoms with van der Waals surface area (Å²) in [4.78, 5) is 14.3. The van der Waals surface area contributed by atoms with Crippen LogP contribution in [0.3, 0.4) is 0 Å². The Hall–Kier alpha value is -2.49. The standard InChI is InChI=1S/C17H20N2O2/c1-12-11-13(19(4)17(20)21)9-10-14(12)15-7-5-6-8-16(15)18(2)3/h5-11H,1-4H3,(H,20,21). The average Bonchev–Trinajstić information content (AvgIpc) is 2.46. The lowest BCUT2D eigenvalue weighted by molar-refractivity contribution is 0.203. The Morgan fingerprint density at radius 2 is 1.67 bits per heavy atom. The Morgan fingerprint density at radius 3 is 2.24 bits per heavy atom. The number of carbonyl (C=O) groups is 1. The third-order valence-corrected chi connectivity index (χ3v) is 3.56. The number of benzene rings is 2. The van der Waals surface area contributed by atoms with Crippen LogP contribution in [0.4, 0.5) is 16.2 Å². The molecule has 1 amide bonds. The number of hydrogen-bond donors (Lipinski definition) is 1. The zero-order valence-electron chi connectivity index (χ0n) is 12.8. The van der Waals surface area contributed by atoms with E-state index < -0.39 is 6.09 Å². The highest BCUT2D eigenvalue weighted by molar-refractivity contribution is 5.87. The molecule has 0 saturated carbocycles. The Morgan fingerprint density at radius 1 is 1.00 bits per heavy atom. The van der Waals surface area contributed by atoms with Crippen molar-refractivity contribution in [2.45, 2.75) is 6.92 Å². The lowest BCUT2D eigenvalue weighted by atomic mass is 9.98. The van der Waals surface area contributed by atoms with Crippen LogP contribution < -0.4 is 9.80 Å². The molecule has 2 rings (SSSR count). The number of nitrogens with zero attached hydrogens (tertiary/aromatic N) is 2. The molecule has 4 nitrogen and oxygen atoms in total. The molecular weight excluding hydrogens is 264 g/mol. The highest BCUT2D eigenvalue weighted by Crippen LogP contribution is 2.33. The molecule has 0 fully saturated rings. The van der Waals surface area contributed by atoms with Crippen LogP contribution in [0.25, 0.3) is 11.1 Å². The van der Waals surface area contributed by atoms with Gasteiger partial charge in [0.2, 0.25) is 0 Å². The first kappa shape index (κ1) is 14.9. The zero-order valence-corrected chi connectivity index (χ0v) is 12.8. The zero-order chi connectivity index (χ0) is 15.6. The van der Waals surface area contributed by atoms with Gasteiger partial charge in [-0.05, 0) is 36.2 Å². The lowest BCUT2D eigenvalue weighted by Gasteiger charge is -2.20. The second-order valence-electron chi connectivity index (χ2n) is 5.25. The van der Waals surface area contributed by atoms with Gasteiger partial charge >= 0.3 is 6.09 Å². The van der Waals surface area contributed by atoms with Crippen LogP contribution in [0.5, 0.6) is 0 Å². The van der Waals surface area contributed by atoms with E-state index in [-0.39, 0.29) is 0 Å². The molecule has 0 bridgehead atoms. The Bertz CT molecular complexity index is 666. The third-order valence-electron chi connectivity index (χ3n) is 3.56. The van der Waals surface area contributed by atoms with Gasteiger partial charge < -0.3 is 10.0 Å². The van der Waals surface area contributed by atoms with Crippen molar-refractivity contribution in [3.8, 4) is 11.1 Å². The van der Waals surface area contributed by atoms with Gasteiger partial charge in [0.1, 0.15) is 0 Å². The number of anilines is 2. The summed E-state index contributed by atoms with van der Waals surface area (Å²) in [6, 6.07) is 13.9. The van der Waals surface area contributed by atoms with E-state index in [0.717, 1.165) is 22.4 Å². The van der Waals surface area contributed by atoms with Gasteiger partial charge in [0.05, 0.1) is 0 Å². The molecule has 0 aliphatic heterocycles. The molecular formula is C17H20N2O2. The summed E-state index contributed by atoms with van der Waals surface area (Å²) in [5, 5.41) is 9.05. The van der Waals surface area contributed by atoms with Crippen molar-refractivity contribution >= 4 is 17.5 Å². The lowest BCUT2D eigenvalue weighted by Crippen LogP contribution is -2.23. The molecule has 1 N–H and O–H groups in total. The van der Waals surface area contributed by atoms with Crippen LogP contribution in [0.15, 0.2) is 42.5 Å². The van der Waals surface area contributed by atoms with Crippen molar-refractivity contribution in [2.24, 2.45) is 0 Å². The monoisotopic (exact) mass is 284 g/mol. The molecule has 0 unspecified atom stereocenters. The van der Waals surface area contributed by atoms with Crippen molar-refractivity contribution in [1.29, 1.82) is 0 Å². The number of hydrogen-bond acceptors (Lipinski definition) is 2. The van der Waals surface area contributed by atoms with Gasteiger partial charge in [0.25, 0.3) is 0 Å².